The molecule has 0 bridgehead atoms. The number of aryl methyl sites for hydroxylation is 1. The topological polar surface area (TPSA) is 67.1 Å². The Labute approximate surface area is 138 Å². The number of carbonyl (C=O) groups excluding carboxylic acids is 1. The number of ether oxygens (including phenoxy) is 1. The number of benzene rings is 1. The van der Waals surface area contributed by atoms with Gasteiger partial charge in [-0.1, -0.05) is 22.0 Å². The van der Waals surface area contributed by atoms with Gasteiger partial charge >= 0.3 is 6.09 Å². The van der Waals surface area contributed by atoms with Crippen LogP contribution in [0.4, 0.5) is 4.79 Å². The molecule has 0 aliphatic heterocycles. The van der Waals surface area contributed by atoms with E-state index < -0.39 is 11.7 Å². The predicted octanol–water partition coefficient (Wildman–Crippen LogP) is 3.84. The first-order chi connectivity index (χ1) is 10.2. The molecule has 0 aliphatic rings. The van der Waals surface area contributed by atoms with Crippen LogP contribution in [-0.2, 0) is 18.3 Å². The van der Waals surface area contributed by atoms with Crippen LogP contribution in [0.15, 0.2) is 22.7 Å². The maximum absolute atomic E-state index is 11.8. The lowest BCUT2D eigenvalue weighted by Crippen LogP contribution is -2.32. The van der Waals surface area contributed by atoms with Crippen LogP contribution in [-0.4, -0.2) is 16.3 Å². The third-order valence-electron chi connectivity index (χ3n) is 3.19. The average Bonchev–Trinajstić information content (AvgIpc) is 2.66. The summed E-state index contributed by atoms with van der Waals surface area (Å²) in [6.07, 6.45) is -0.497. The van der Waals surface area contributed by atoms with Gasteiger partial charge in [0.2, 0.25) is 0 Å². The number of alkyl carbamates (subject to hydrolysis) is 1. The Hall–Kier alpha value is -2.00. The molecule has 0 saturated carbocycles. The van der Waals surface area contributed by atoms with Crippen molar-refractivity contribution in [1.29, 1.82) is 5.26 Å². The lowest BCUT2D eigenvalue weighted by atomic mass is 10.1. The van der Waals surface area contributed by atoms with Crippen molar-refractivity contribution in [1.82, 2.24) is 9.88 Å². The van der Waals surface area contributed by atoms with Gasteiger partial charge in [-0.05, 0) is 32.9 Å². The van der Waals surface area contributed by atoms with Crippen LogP contribution in [0.1, 0.15) is 32.0 Å². The molecule has 22 heavy (non-hydrogen) atoms. The highest BCUT2D eigenvalue weighted by atomic mass is 79.9. The van der Waals surface area contributed by atoms with Crippen LogP contribution in [0, 0.1) is 11.3 Å². The molecular formula is C16H18BrN3O2. The minimum atomic E-state index is -0.550. The average molecular weight is 364 g/mol. The summed E-state index contributed by atoms with van der Waals surface area (Å²) in [5.74, 6) is 0. The van der Waals surface area contributed by atoms with Gasteiger partial charge in [0, 0.05) is 16.9 Å². The SMILES string of the molecule is Cn1c(CNC(=O)OC(C)(C)C)c(C#N)c2ccc(Br)cc21. The molecule has 2 aromatic rings. The van der Waals surface area contributed by atoms with E-state index in [0.717, 1.165) is 21.1 Å². The van der Waals surface area contributed by atoms with Crippen LogP contribution >= 0.6 is 15.9 Å². The predicted molar refractivity (Wildman–Crippen MR) is 88.4 cm³/mol. The van der Waals surface area contributed by atoms with Gasteiger partial charge in [0.05, 0.1) is 23.3 Å². The summed E-state index contributed by atoms with van der Waals surface area (Å²) in [6, 6.07) is 7.97. The van der Waals surface area contributed by atoms with Gasteiger partial charge < -0.3 is 14.6 Å². The molecule has 2 rings (SSSR count). The van der Waals surface area contributed by atoms with Crippen molar-refractivity contribution in [3.8, 4) is 6.07 Å². The smallest absolute Gasteiger partial charge is 0.407 e. The first-order valence-corrected chi connectivity index (χ1v) is 7.66. The molecule has 1 N–H and O–H groups in total. The van der Waals surface area contributed by atoms with Crippen molar-refractivity contribution in [3.63, 3.8) is 0 Å². The van der Waals surface area contributed by atoms with Gasteiger partial charge in [0.15, 0.2) is 0 Å². The summed E-state index contributed by atoms with van der Waals surface area (Å²) in [5, 5.41) is 13.0. The van der Waals surface area contributed by atoms with Gasteiger partial charge in [0.1, 0.15) is 11.7 Å². The third kappa shape index (κ3) is 3.42. The maximum atomic E-state index is 11.8. The molecule has 0 unspecified atom stereocenters. The standard InChI is InChI=1S/C16H18BrN3O2/c1-16(2,3)22-15(21)19-9-14-12(8-18)11-6-5-10(17)7-13(11)20(14)4/h5-7H,9H2,1-4H3,(H,19,21). The highest BCUT2D eigenvalue weighted by Gasteiger charge is 2.19. The lowest BCUT2D eigenvalue weighted by Gasteiger charge is -2.19. The largest absolute Gasteiger partial charge is 0.444 e. The summed E-state index contributed by atoms with van der Waals surface area (Å²) in [5.41, 5.74) is 1.71. The Balaban J connectivity index is 2.30. The van der Waals surface area contributed by atoms with Crippen LogP contribution in [0.25, 0.3) is 10.9 Å². The number of nitrogens with zero attached hydrogens (tertiary/aromatic N) is 2. The number of rotatable bonds is 2. The Morgan fingerprint density at radius 1 is 1.45 bits per heavy atom. The minimum Gasteiger partial charge on any atom is -0.444 e. The molecule has 1 amide bonds. The fourth-order valence-corrected chi connectivity index (χ4v) is 2.61. The number of nitrogens with one attached hydrogen (secondary N) is 1. The van der Waals surface area contributed by atoms with E-state index in [1.807, 2.05) is 50.6 Å². The molecule has 116 valence electrons. The van der Waals surface area contributed by atoms with E-state index in [4.69, 9.17) is 4.74 Å². The molecule has 5 nitrogen and oxygen atoms in total. The molecule has 0 fully saturated rings. The van der Waals surface area contributed by atoms with Crippen LogP contribution in [0.5, 0.6) is 0 Å². The van der Waals surface area contributed by atoms with Gasteiger partial charge in [-0.2, -0.15) is 5.26 Å². The van der Waals surface area contributed by atoms with Crippen molar-refractivity contribution in [3.05, 3.63) is 33.9 Å². The number of nitriles is 1. The Kier molecular flexibility index (Phi) is 4.47. The van der Waals surface area contributed by atoms with E-state index in [2.05, 4.69) is 27.3 Å². The van der Waals surface area contributed by atoms with E-state index in [-0.39, 0.29) is 6.54 Å². The molecule has 0 saturated heterocycles. The molecule has 0 atom stereocenters. The number of halogens is 1. The first-order valence-electron chi connectivity index (χ1n) is 6.86. The number of hydrogen-bond donors (Lipinski definition) is 1. The van der Waals surface area contributed by atoms with E-state index in [0.29, 0.717) is 5.56 Å². The monoisotopic (exact) mass is 363 g/mol. The molecular weight excluding hydrogens is 346 g/mol. The lowest BCUT2D eigenvalue weighted by molar-refractivity contribution is 0.0522. The van der Waals surface area contributed by atoms with Gasteiger partial charge in [0.25, 0.3) is 0 Å². The summed E-state index contributed by atoms with van der Waals surface area (Å²) in [6.45, 7) is 5.66. The third-order valence-corrected chi connectivity index (χ3v) is 3.69. The Morgan fingerprint density at radius 3 is 2.73 bits per heavy atom. The second-order valence-corrected chi connectivity index (χ2v) is 6.93. The fraction of sp³-hybridized carbons (Fsp3) is 0.375. The van der Waals surface area contributed by atoms with Gasteiger partial charge in [-0.15, -0.1) is 0 Å². The molecule has 1 heterocycles. The number of amides is 1. The summed E-state index contributed by atoms with van der Waals surface area (Å²) < 4.78 is 8.07. The summed E-state index contributed by atoms with van der Waals surface area (Å²) in [4.78, 5) is 11.8. The molecule has 0 aliphatic carbocycles. The van der Waals surface area contributed by atoms with Crippen LogP contribution < -0.4 is 5.32 Å². The zero-order valence-corrected chi connectivity index (χ0v) is 14.6. The highest BCUT2D eigenvalue weighted by Crippen LogP contribution is 2.27. The maximum Gasteiger partial charge on any atom is 0.407 e. The molecule has 6 heteroatoms. The Morgan fingerprint density at radius 2 is 2.14 bits per heavy atom. The molecule has 1 aromatic carbocycles. The normalized spacial score (nSPS) is 11.3. The van der Waals surface area contributed by atoms with Gasteiger partial charge in [-0.3, -0.25) is 0 Å². The summed E-state index contributed by atoms with van der Waals surface area (Å²) >= 11 is 3.43. The highest BCUT2D eigenvalue weighted by molar-refractivity contribution is 9.10. The van der Waals surface area contributed by atoms with Crippen molar-refractivity contribution >= 4 is 32.9 Å². The fourth-order valence-electron chi connectivity index (χ4n) is 2.26. The quantitative estimate of drug-likeness (QED) is 0.881. The zero-order chi connectivity index (χ0) is 16.5. The van der Waals surface area contributed by atoms with E-state index in [1.54, 1.807) is 0 Å². The second kappa shape index (κ2) is 6.01. The zero-order valence-electron chi connectivity index (χ0n) is 13.0. The number of hydrogen-bond acceptors (Lipinski definition) is 3. The first kappa shape index (κ1) is 16.4. The summed E-state index contributed by atoms with van der Waals surface area (Å²) in [7, 11) is 1.88. The van der Waals surface area contributed by atoms with Crippen molar-refractivity contribution < 1.29 is 9.53 Å². The second-order valence-electron chi connectivity index (χ2n) is 6.01. The number of fused-ring (bicyclic) bond motifs is 1. The van der Waals surface area contributed by atoms with Crippen LogP contribution in [0.2, 0.25) is 0 Å². The molecule has 0 radical (unpaired) electrons. The molecule has 1 aromatic heterocycles. The van der Waals surface area contributed by atoms with Crippen molar-refractivity contribution in [2.24, 2.45) is 7.05 Å². The van der Waals surface area contributed by atoms with Crippen LogP contribution in [0.3, 0.4) is 0 Å². The van der Waals surface area contributed by atoms with E-state index >= 15 is 0 Å². The number of aromatic nitrogens is 1. The minimum absolute atomic E-state index is 0.237. The Bertz CT molecular complexity index is 766. The van der Waals surface area contributed by atoms with E-state index in [1.165, 1.54) is 0 Å². The van der Waals surface area contributed by atoms with Gasteiger partial charge in [-0.25, -0.2) is 4.79 Å². The van der Waals surface area contributed by atoms with Crippen molar-refractivity contribution in [2.45, 2.75) is 32.9 Å². The van der Waals surface area contributed by atoms with E-state index in [9.17, 15) is 10.1 Å². The molecule has 0 spiro atoms. The number of carbonyl (C=O) groups is 1. The van der Waals surface area contributed by atoms with Crippen molar-refractivity contribution in [2.75, 3.05) is 0 Å².